The van der Waals surface area contributed by atoms with Crippen LogP contribution in [0.3, 0.4) is 0 Å². The van der Waals surface area contributed by atoms with E-state index in [9.17, 15) is 13.6 Å². The molecule has 1 unspecified atom stereocenters. The Morgan fingerprint density at radius 3 is 2.84 bits per heavy atom. The van der Waals surface area contributed by atoms with Crippen molar-refractivity contribution in [2.75, 3.05) is 6.61 Å². The lowest BCUT2D eigenvalue weighted by Crippen LogP contribution is -2.47. The molecule has 2 aromatic rings. The van der Waals surface area contributed by atoms with Crippen LogP contribution in [0.4, 0.5) is 13.6 Å². The Bertz CT molecular complexity index is 783. The van der Waals surface area contributed by atoms with E-state index < -0.39 is 17.7 Å². The molecule has 0 saturated carbocycles. The standard InChI is InChI=1S/C18H18F2N2O3/c19-14-5-13-6-15(10-25-17(13)16(20)7-14)22-18(24)21-8-11-2-1-3-12(4-11)9-23/h1-5,7,15,23H,6,8-10H2,(H2,21,22,24). The molecule has 132 valence electrons. The van der Waals surface area contributed by atoms with Crippen LogP contribution in [0.5, 0.6) is 5.75 Å². The lowest BCUT2D eigenvalue weighted by atomic mass is 10.0. The van der Waals surface area contributed by atoms with Crippen LogP contribution < -0.4 is 15.4 Å². The van der Waals surface area contributed by atoms with E-state index in [4.69, 9.17) is 9.84 Å². The SMILES string of the molecule is O=C(NCc1cccc(CO)c1)NC1COc2c(F)cc(F)cc2C1. The summed E-state index contributed by atoms with van der Waals surface area (Å²) in [6, 6.07) is 8.44. The number of ether oxygens (including phenoxy) is 1. The maximum atomic E-state index is 13.6. The van der Waals surface area contributed by atoms with E-state index in [0.717, 1.165) is 17.2 Å². The first kappa shape index (κ1) is 17.2. The summed E-state index contributed by atoms with van der Waals surface area (Å²) in [5.41, 5.74) is 2.02. The molecule has 7 heteroatoms. The summed E-state index contributed by atoms with van der Waals surface area (Å²) in [4.78, 5) is 12.0. The number of fused-ring (bicyclic) bond motifs is 1. The number of rotatable bonds is 4. The zero-order valence-electron chi connectivity index (χ0n) is 13.4. The molecule has 2 aromatic carbocycles. The minimum Gasteiger partial charge on any atom is -0.488 e. The number of aliphatic hydroxyl groups is 1. The van der Waals surface area contributed by atoms with Gasteiger partial charge in [0.25, 0.3) is 0 Å². The zero-order valence-corrected chi connectivity index (χ0v) is 13.4. The molecule has 0 bridgehead atoms. The van der Waals surface area contributed by atoms with Gasteiger partial charge in [0, 0.05) is 18.2 Å². The Morgan fingerprint density at radius 2 is 2.04 bits per heavy atom. The highest BCUT2D eigenvalue weighted by atomic mass is 19.1. The molecule has 1 aliphatic rings. The van der Waals surface area contributed by atoms with Crippen molar-refractivity contribution >= 4 is 6.03 Å². The van der Waals surface area contributed by atoms with E-state index in [2.05, 4.69) is 10.6 Å². The van der Waals surface area contributed by atoms with Gasteiger partial charge in [-0.3, -0.25) is 0 Å². The Morgan fingerprint density at radius 1 is 1.24 bits per heavy atom. The maximum absolute atomic E-state index is 13.6. The van der Waals surface area contributed by atoms with Crippen LogP contribution in [-0.4, -0.2) is 23.8 Å². The first-order valence-electron chi connectivity index (χ1n) is 7.89. The molecule has 0 saturated heterocycles. The summed E-state index contributed by atoms with van der Waals surface area (Å²) < 4.78 is 32.2. The zero-order chi connectivity index (χ0) is 17.8. The van der Waals surface area contributed by atoms with Gasteiger partial charge in [-0.2, -0.15) is 0 Å². The lowest BCUT2D eigenvalue weighted by molar-refractivity contribution is 0.209. The molecule has 1 heterocycles. The maximum Gasteiger partial charge on any atom is 0.315 e. The van der Waals surface area contributed by atoms with Crippen molar-refractivity contribution in [3.05, 3.63) is 64.7 Å². The van der Waals surface area contributed by atoms with Crippen LogP contribution in [0.2, 0.25) is 0 Å². The van der Waals surface area contributed by atoms with Crippen LogP contribution in [0.1, 0.15) is 16.7 Å². The third-order valence-corrected chi connectivity index (χ3v) is 3.94. The van der Waals surface area contributed by atoms with Gasteiger partial charge in [-0.15, -0.1) is 0 Å². The second-order valence-electron chi connectivity index (χ2n) is 5.89. The van der Waals surface area contributed by atoms with Crippen molar-refractivity contribution in [1.82, 2.24) is 10.6 Å². The van der Waals surface area contributed by atoms with E-state index in [1.165, 1.54) is 6.07 Å². The summed E-state index contributed by atoms with van der Waals surface area (Å²) in [5.74, 6) is -1.36. The van der Waals surface area contributed by atoms with Gasteiger partial charge in [-0.1, -0.05) is 24.3 Å². The average molecular weight is 348 g/mol. The summed E-state index contributed by atoms with van der Waals surface area (Å²) in [5, 5.41) is 14.5. The number of aliphatic hydroxyl groups excluding tert-OH is 1. The number of hydrogen-bond donors (Lipinski definition) is 3. The van der Waals surface area contributed by atoms with Crippen LogP contribution >= 0.6 is 0 Å². The van der Waals surface area contributed by atoms with E-state index in [-0.39, 0.29) is 31.4 Å². The third-order valence-electron chi connectivity index (χ3n) is 3.94. The highest BCUT2D eigenvalue weighted by Crippen LogP contribution is 2.28. The first-order valence-corrected chi connectivity index (χ1v) is 7.89. The molecule has 0 aromatic heterocycles. The van der Waals surface area contributed by atoms with Gasteiger partial charge in [0.05, 0.1) is 12.6 Å². The highest BCUT2D eigenvalue weighted by molar-refractivity contribution is 5.74. The number of benzene rings is 2. The number of halogens is 2. The van der Waals surface area contributed by atoms with Crippen LogP contribution in [0, 0.1) is 11.6 Å². The summed E-state index contributed by atoms with van der Waals surface area (Å²) in [6.07, 6.45) is 0.289. The number of amides is 2. The van der Waals surface area contributed by atoms with Crippen molar-refractivity contribution < 1.29 is 23.4 Å². The molecule has 1 aliphatic heterocycles. The molecule has 25 heavy (non-hydrogen) atoms. The molecule has 1 atom stereocenters. The Hall–Kier alpha value is -2.67. The number of nitrogens with one attached hydrogen (secondary N) is 2. The predicted molar refractivity (Wildman–Crippen MR) is 87.1 cm³/mol. The van der Waals surface area contributed by atoms with Gasteiger partial charge >= 0.3 is 6.03 Å². The minimum absolute atomic E-state index is 0.0423. The smallest absolute Gasteiger partial charge is 0.315 e. The first-order chi connectivity index (χ1) is 12.0. The Balaban J connectivity index is 1.55. The summed E-state index contributed by atoms with van der Waals surface area (Å²) >= 11 is 0. The molecule has 0 radical (unpaired) electrons. The van der Waals surface area contributed by atoms with Crippen molar-refractivity contribution in [2.45, 2.75) is 25.6 Å². The van der Waals surface area contributed by atoms with Crippen LogP contribution in [0.25, 0.3) is 0 Å². The van der Waals surface area contributed by atoms with Gasteiger partial charge < -0.3 is 20.5 Å². The predicted octanol–water partition coefficient (Wildman–Crippen LogP) is 2.26. The van der Waals surface area contributed by atoms with Crippen molar-refractivity contribution in [3.8, 4) is 5.75 Å². The van der Waals surface area contributed by atoms with Crippen LogP contribution in [-0.2, 0) is 19.6 Å². The third kappa shape index (κ3) is 4.24. The molecule has 0 aliphatic carbocycles. The fourth-order valence-electron chi connectivity index (χ4n) is 2.78. The van der Waals surface area contributed by atoms with Gasteiger partial charge in [0.2, 0.25) is 0 Å². The quantitative estimate of drug-likeness (QED) is 0.794. The number of carbonyl (C=O) groups is 1. The molecular weight excluding hydrogens is 330 g/mol. The number of hydrogen-bond acceptors (Lipinski definition) is 3. The molecule has 3 rings (SSSR count). The number of carbonyl (C=O) groups excluding carboxylic acids is 1. The normalized spacial score (nSPS) is 15.9. The fourth-order valence-corrected chi connectivity index (χ4v) is 2.78. The van der Waals surface area contributed by atoms with E-state index in [1.807, 2.05) is 6.07 Å². The fraction of sp³-hybridized carbons (Fsp3) is 0.278. The molecule has 2 amide bonds. The van der Waals surface area contributed by atoms with Gasteiger partial charge in [0.1, 0.15) is 12.4 Å². The monoisotopic (exact) mass is 348 g/mol. The van der Waals surface area contributed by atoms with Gasteiger partial charge in [-0.25, -0.2) is 13.6 Å². The Labute approximate surface area is 143 Å². The van der Waals surface area contributed by atoms with Crippen molar-refractivity contribution in [2.24, 2.45) is 0 Å². The topological polar surface area (TPSA) is 70.6 Å². The van der Waals surface area contributed by atoms with Gasteiger partial charge in [-0.05, 0) is 23.6 Å². The summed E-state index contributed by atoms with van der Waals surface area (Å²) in [6.45, 7) is 0.349. The van der Waals surface area contributed by atoms with Crippen molar-refractivity contribution in [3.63, 3.8) is 0 Å². The van der Waals surface area contributed by atoms with E-state index >= 15 is 0 Å². The highest BCUT2D eigenvalue weighted by Gasteiger charge is 2.24. The van der Waals surface area contributed by atoms with Crippen molar-refractivity contribution in [1.29, 1.82) is 0 Å². The molecular formula is C18H18F2N2O3. The minimum atomic E-state index is -0.735. The molecule has 3 N–H and O–H groups in total. The molecule has 0 fully saturated rings. The van der Waals surface area contributed by atoms with Gasteiger partial charge in [0.15, 0.2) is 11.6 Å². The van der Waals surface area contributed by atoms with Crippen LogP contribution in [0.15, 0.2) is 36.4 Å². The van der Waals surface area contributed by atoms with E-state index in [0.29, 0.717) is 12.1 Å². The summed E-state index contributed by atoms with van der Waals surface area (Å²) in [7, 11) is 0. The Kier molecular flexibility index (Phi) is 5.14. The second-order valence-corrected chi connectivity index (χ2v) is 5.89. The molecule has 0 spiro atoms. The molecule has 5 nitrogen and oxygen atoms in total. The number of urea groups is 1. The lowest BCUT2D eigenvalue weighted by Gasteiger charge is -2.26. The van der Waals surface area contributed by atoms with E-state index in [1.54, 1.807) is 18.2 Å². The second kappa shape index (κ2) is 7.48. The average Bonchev–Trinajstić information content (AvgIpc) is 2.59. The largest absolute Gasteiger partial charge is 0.488 e.